The molecule has 1 unspecified atom stereocenters. The summed E-state index contributed by atoms with van der Waals surface area (Å²) in [5.74, 6) is 0.387. The molecule has 1 N–H and O–H groups in total. The summed E-state index contributed by atoms with van der Waals surface area (Å²) in [6.45, 7) is 5.04. The van der Waals surface area contributed by atoms with Gasteiger partial charge in [0.1, 0.15) is 17.4 Å². The lowest BCUT2D eigenvalue weighted by atomic mass is 10.1. The molecule has 1 aliphatic rings. The van der Waals surface area contributed by atoms with Gasteiger partial charge >= 0.3 is 5.63 Å². The maximum atomic E-state index is 12.8. The van der Waals surface area contributed by atoms with E-state index in [1.54, 1.807) is 17.7 Å². The zero-order valence-corrected chi connectivity index (χ0v) is 15.3. The zero-order valence-electron chi connectivity index (χ0n) is 15.3. The minimum atomic E-state index is -0.655. The van der Waals surface area contributed by atoms with Crippen LogP contribution in [0.25, 0.3) is 10.9 Å². The maximum Gasteiger partial charge on any atom is 0.349 e. The van der Waals surface area contributed by atoms with Crippen molar-refractivity contribution in [1.82, 2.24) is 9.78 Å². The van der Waals surface area contributed by atoms with Crippen LogP contribution in [0.15, 0.2) is 39.5 Å². The summed E-state index contributed by atoms with van der Waals surface area (Å²) in [5.41, 5.74) is 0.824. The molecule has 1 amide bonds. The number of para-hydroxylation sites is 1. The molecule has 2 aromatic heterocycles. The molecule has 1 saturated heterocycles. The Labute approximate surface area is 155 Å². The Morgan fingerprint density at radius 2 is 2.19 bits per heavy atom. The molecule has 1 fully saturated rings. The van der Waals surface area contributed by atoms with E-state index in [0.29, 0.717) is 30.3 Å². The third kappa shape index (κ3) is 3.14. The second kappa shape index (κ2) is 7.00. The van der Waals surface area contributed by atoms with E-state index in [2.05, 4.69) is 10.4 Å². The number of nitrogens with one attached hydrogen (secondary N) is 1. The van der Waals surface area contributed by atoms with Gasteiger partial charge in [0.25, 0.3) is 5.91 Å². The van der Waals surface area contributed by atoms with Crippen LogP contribution in [0.3, 0.4) is 0 Å². The van der Waals surface area contributed by atoms with E-state index in [-0.39, 0.29) is 11.7 Å². The number of hydrogen-bond donors (Lipinski definition) is 1. The molecule has 0 aliphatic carbocycles. The second-order valence-electron chi connectivity index (χ2n) is 6.63. The van der Waals surface area contributed by atoms with Gasteiger partial charge in [-0.2, -0.15) is 5.10 Å². The lowest BCUT2D eigenvalue weighted by Gasteiger charge is -2.11. The number of benzene rings is 1. The highest BCUT2D eigenvalue weighted by molar-refractivity contribution is 6.08. The van der Waals surface area contributed by atoms with Gasteiger partial charge in [-0.05, 0) is 50.5 Å². The van der Waals surface area contributed by atoms with Crippen molar-refractivity contribution in [3.8, 4) is 0 Å². The molecule has 7 nitrogen and oxygen atoms in total. The highest BCUT2D eigenvalue weighted by Gasteiger charge is 2.25. The van der Waals surface area contributed by atoms with Crippen LogP contribution in [-0.4, -0.2) is 22.3 Å². The monoisotopic (exact) mass is 367 g/mol. The van der Waals surface area contributed by atoms with Crippen LogP contribution in [0.5, 0.6) is 0 Å². The third-order valence-electron chi connectivity index (χ3n) is 4.83. The summed E-state index contributed by atoms with van der Waals surface area (Å²) in [7, 11) is 0. The van der Waals surface area contributed by atoms with Gasteiger partial charge in [0.2, 0.25) is 0 Å². The number of carbonyl (C=O) groups is 1. The van der Waals surface area contributed by atoms with Gasteiger partial charge in [-0.15, -0.1) is 0 Å². The summed E-state index contributed by atoms with van der Waals surface area (Å²) >= 11 is 0. The molecule has 0 spiro atoms. The Bertz CT molecular complexity index is 1060. The lowest BCUT2D eigenvalue weighted by Crippen LogP contribution is -2.23. The van der Waals surface area contributed by atoms with Crippen LogP contribution in [-0.2, 0) is 11.3 Å². The fourth-order valence-corrected chi connectivity index (χ4v) is 3.50. The molecular formula is C20H21N3O4. The number of amides is 1. The Morgan fingerprint density at radius 1 is 1.37 bits per heavy atom. The second-order valence-corrected chi connectivity index (χ2v) is 6.63. The molecule has 1 atom stereocenters. The predicted molar refractivity (Wildman–Crippen MR) is 101 cm³/mol. The smallest absolute Gasteiger partial charge is 0.349 e. The Kier molecular flexibility index (Phi) is 4.53. The van der Waals surface area contributed by atoms with Crippen molar-refractivity contribution in [3.05, 3.63) is 57.6 Å². The summed E-state index contributed by atoms with van der Waals surface area (Å²) in [5, 5.41) is 8.03. The van der Waals surface area contributed by atoms with E-state index in [4.69, 9.17) is 9.15 Å². The van der Waals surface area contributed by atoms with E-state index >= 15 is 0 Å². The first-order valence-electron chi connectivity index (χ1n) is 9.11. The maximum absolute atomic E-state index is 12.8. The van der Waals surface area contributed by atoms with Crippen molar-refractivity contribution < 1.29 is 13.9 Å². The fourth-order valence-electron chi connectivity index (χ4n) is 3.50. The average Bonchev–Trinajstić information content (AvgIpc) is 3.30. The van der Waals surface area contributed by atoms with Crippen LogP contribution < -0.4 is 10.9 Å². The molecule has 7 heteroatoms. The van der Waals surface area contributed by atoms with Crippen molar-refractivity contribution in [2.24, 2.45) is 0 Å². The molecule has 27 heavy (non-hydrogen) atoms. The van der Waals surface area contributed by atoms with Gasteiger partial charge in [-0.1, -0.05) is 12.1 Å². The van der Waals surface area contributed by atoms with E-state index < -0.39 is 11.5 Å². The molecule has 0 radical (unpaired) electrons. The molecule has 1 aliphatic heterocycles. The molecular weight excluding hydrogens is 346 g/mol. The molecule has 0 bridgehead atoms. The Hall–Kier alpha value is -2.93. The first kappa shape index (κ1) is 17.5. The first-order chi connectivity index (χ1) is 13.1. The zero-order chi connectivity index (χ0) is 19.0. The number of anilines is 1. The van der Waals surface area contributed by atoms with Gasteiger partial charge in [0.05, 0.1) is 5.52 Å². The van der Waals surface area contributed by atoms with Crippen molar-refractivity contribution in [1.29, 1.82) is 0 Å². The average molecular weight is 367 g/mol. The Balaban J connectivity index is 1.67. The van der Waals surface area contributed by atoms with Gasteiger partial charge in [-0.3, -0.25) is 9.48 Å². The Morgan fingerprint density at radius 3 is 2.89 bits per heavy atom. The number of fused-ring (bicyclic) bond motifs is 1. The molecule has 3 heterocycles. The number of aryl methyl sites for hydroxylation is 2. The predicted octanol–water partition coefficient (Wildman–Crippen LogP) is 3.42. The van der Waals surface area contributed by atoms with Crippen molar-refractivity contribution in [3.63, 3.8) is 0 Å². The van der Waals surface area contributed by atoms with E-state index in [9.17, 15) is 9.59 Å². The summed E-state index contributed by atoms with van der Waals surface area (Å²) in [4.78, 5) is 25.2. The largest absolute Gasteiger partial charge is 0.424 e. The minimum Gasteiger partial charge on any atom is -0.424 e. The van der Waals surface area contributed by atoms with Gasteiger partial charge in [0, 0.05) is 18.5 Å². The number of aromatic nitrogens is 2. The number of ether oxygens (including phenoxy) is 1. The van der Waals surface area contributed by atoms with Crippen LogP contribution in [0, 0.1) is 6.92 Å². The van der Waals surface area contributed by atoms with E-state index in [0.717, 1.165) is 23.7 Å². The van der Waals surface area contributed by atoms with Gasteiger partial charge in [-0.25, -0.2) is 4.79 Å². The summed E-state index contributed by atoms with van der Waals surface area (Å²) in [6, 6.07) is 9.35. The third-order valence-corrected chi connectivity index (χ3v) is 4.83. The lowest BCUT2D eigenvalue weighted by molar-refractivity contribution is 0.0895. The SMILES string of the molecule is CCn1nc(NC(=O)c2c(C)cc(C3CCCO3)oc2=O)c2ccccc21. The molecule has 4 rings (SSSR count). The fraction of sp³-hybridized carbons (Fsp3) is 0.350. The highest BCUT2D eigenvalue weighted by Crippen LogP contribution is 2.29. The van der Waals surface area contributed by atoms with Crippen LogP contribution in [0.4, 0.5) is 5.82 Å². The number of rotatable bonds is 4. The summed E-state index contributed by atoms with van der Waals surface area (Å²) < 4.78 is 12.7. The quantitative estimate of drug-likeness (QED) is 0.763. The molecule has 0 saturated carbocycles. The van der Waals surface area contributed by atoms with Crippen molar-refractivity contribution in [2.75, 3.05) is 11.9 Å². The van der Waals surface area contributed by atoms with Crippen LogP contribution in [0.1, 0.15) is 47.6 Å². The normalized spacial score (nSPS) is 16.7. The van der Waals surface area contributed by atoms with Crippen LogP contribution in [0.2, 0.25) is 0 Å². The van der Waals surface area contributed by atoms with E-state index in [1.165, 1.54) is 0 Å². The van der Waals surface area contributed by atoms with Crippen LogP contribution >= 0.6 is 0 Å². The number of hydrogen-bond acceptors (Lipinski definition) is 5. The topological polar surface area (TPSA) is 86.4 Å². The van der Waals surface area contributed by atoms with Crippen molar-refractivity contribution in [2.45, 2.75) is 39.3 Å². The van der Waals surface area contributed by atoms with Gasteiger partial charge < -0.3 is 14.5 Å². The highest BCUT2D eigenvalue weighted by atomic mass is 16.5. The first-order valence-corrected chi connectivity index (χ1v) is 9.11. The minimum absolute atomic E-state index is 0.00752. The van der Waals surface area contributed by atoms with E-state index in [1.807, 2.05) is 31.2 Å². The number of carbonyl (C=O) groups excluding carboxylic acids is 1. The standard InChI is InChI=1S/C20H21N3O4/c1-3-23-14-8-5-4-7-13(14)18(22-23)21-19(24)17-12(2)11-16(27-20(17)25)15-9-6-10-26-15/h4-5,7-8,11,15H,3,6,9-10H2,1-2H3,(H,21,22,24). The molecule has 1 aromatic carbocycles. The van der Waals surface area contributed by atoms with Crippen molar-refractivity contribution >= 4 is 22.6 Å². The number of nitrogens with zero attached hydrogens (tertiary/aromatic N) is 2. The molecule has 140 valence electrons. The van der Waals surface area contributed by atoms with Gasteiger partial charge in [0.15, 0.2) is 5.82 Å². The summed E-state index contributed by atoms with van der Waals surface area (Å²) in [6.07, 6.45) is 1.54. The molecule has 3 aromatic rings.